The second-order valence-corrected chi connectivity index (χ2v) is 3.35. The number of pyridine rings is 1. The summed E-state index contributed by atoms with van der Waals surface area (Å²) in [5.41, 5.74) is 2.16. The van der Waals surface area contributed by atoms with Crippen molar-refractivity contribution in [3.63, 3.8) is 0 Å². The van der Waals surface area contributed by atoms with Crippen molar-refractivity contribution in [1.82, 2.24) is 4.98 Å². The Balaban J connectivity index is 2.39. The van der Waals surface area contributed by atoms with Gasteiger partial charge < -0.3 is 9.47 Å². The first-order valence-corrected chi connectivity index (χ1v) is 4.49. The molecule has 2 aromatic rings. The Kier molecular flexibility index (Phi) is 1.42. The largest absolute Gasteiger partial charge is 0.454 e. The van der Waals surface area contributed by atoms with Gasteiger partial charge in [0.25, 0.3) is 0 Å². The number of fused-ring (bicyclic) bond motifs is 2. The van der Waals surface area contributed by atoms with Crippen molar-refractivity contribution < 1.29 is 9.47 Å². The van der Waals surface area contributed by atoms with Crippen molar-refractivity contribution in [2.45, 2.75) is 6.92 Å². The topological polar surface area (TPSA) is 31.4 Å². The van der Waals surface area contributed by atoms with Gasteiger partial charge >= 0.3 is 0 Å². The summed E-state index contributed by atoms with van der Waals surface area (Å²) >= 11 is 0. The molecule has 0 radical (unpaired) electrons. The number of benzene rings is 1. The Bertz CT molecular complexity index is 508. The standard InChI is InChI=1S/C11H9NO2/c1-7-2-3-12-9-5-11-10(4-8(7)9)13-6-14-11/h2-5H,6H2,1H3. The molecule has 14 heavy (non-hydrogen) atoms. The van der Waals surface area contributed by atoms with Crippen LogP contribution in [0.3, 0.4) is 0 Å². The first kappa shape index (κ1) is 7.62. The molecule has 1 aromatic carbocycles. The molecule has 0 atom stereocenters. The van der Waals surface area contributed by atoms with Gasteiger partial charge in [-0.2, -0.15) is 0 Å². The predicted molar refractivity (Wildman–Crippen MR) is 52.6 cm³/mol. The Morgan fingerprint density at radius 2 is 2.00 bits per heavy atom. The monoisotopic (exact) mass is 187 g/mol. The third kappa shape index (κ3) is 0.954. The zero-order chi connectivity index (χ0) is 9.54. The normalized spacial score (nSPS) is 13.5. The number of nitrogens with zero attached hydrogens (tertiary/aromatic N) is 1. The van der Waals surface area contributed by atoms with Gasteiger partial charge in [-0.3, -0.25) is 4.98 Å². The second kappa shape index (κ2) is 2.61. The molecule has 0 bridgehead atoms. The van der Waals surface area contributed by atoms with Gasteiger partial charge in [-0.15, -0.1) is 0 Å². The minimum Gasteiger partial charge on any atom is -0.454 e. The van der Waals surface area contributed by atoms with Crippen LogP contribution in [0.5, 0.6) is 11.5 Å². The van der Waals surface area contributed by atoms with Crippen LogP contribution < -0.4 is 9.47 Å². The predicted octanol–water partition coefficient (Wildman–Crippen LogP) is 2.27. The molecule has 0 amide bonds. The fourth-order valence-corrected chi connectivity index (χ4v) is 1.67. The average Bonchev–Trinajstić information content (AvgIpc) is 2.62. The molecule has 1 aromatic heterocycles. The third-order valence-electron chi connectivity index (χ3n) is 2.45. The molecule has 0 saturated carbocycles. The SMILES string of the molecule is Cc1ccnc2cc3c(cc12)OCO3. The Hall–Kier alpha value is -1.77. The molecule has 0 fully saturated rings. The Morgan fingerprint density at radius 1 is 1.21 bits per heavy atom. The molecule has 1 aliphatic heterocycles. The van der Waals surface area contributed by atoms with E-state index in [9.17, 15) is 0 Å². The number of ether oxygens (including phenoxy) is 2. The number of hydrogen-bond donors (Lipinski definition) is 0. The maximum atomic E-state index is 5.31. The number of aromatic nitrogens is 1. The molecule has 3 nitrogen and oxygen atoms in total. The van der Waals surface area contributed by atoms with E-state index in [1.54, 1.807) is 6.20 Å². The summed E-state index contributed by atoms with van der Waals surface area (Å²) in [6, 6.07) is 5.90. The molecular weight excluding hydrogens is 178 g/mol. The molecule has 2 heterocycles. The van der Waals surface area contributed by atoms with E-state index in [-0.39, 0.29) is 0 Å². The zero-order valence-corrected chi connectivity index (χ0v) is 7.78. The average molecular weight is 187 g/mol. The summed E-state index contributed by atoms with van der Waals surface area (Å²) < 4.78 is 10.6. The first-order chi connectivity index (χ1) is 6.84. The summed E-state index contributed by atoms with van der Waals surface area (Å²) in [6.45, 7) is 2.37. The fraction of sp³-hybridized carbons (Fsp3) is 0.182. The lowest BCUT2D eigenvalue weighted by Crippen LogP contribution is -1.92. The quantitative estimate of drug-likeness (QED) is 0.634. The summed E-state index contributed by atoms with van der Waals surface area (Å²) in [5, 5.41) is 1.12. The summed E-state index contributed by atoms with van der Waals surface area (Å²) in [5.74, 6) is 1.60. The maximum Gasteiger partial charge on any atom is 0.231 e. The van der Waals surface area contributed by atoms with E-state index >= 15 is 0 Å². The van der Waals surface area contributed by atoms with Gasteiger partial charge in [-0.1, -0.05) is 0 Å². The molecule has 0 N–H and O–H groups in total. The van der Waals surface area contributed by atoms with E-state index in [2.05, 4.69) is 11.9 Å². The van der Waals surface area contributed by atoms with Gasteiger partial charge in [0.2, 0.25) is 6.79 Å². The highest BCUT2D eigenvalue weighted by atomic mass is 16.7. The van der Waals surface area contributed by atoms with Gasteiger partial charge in [0, 0.05) is 17.6 Å². The number of rotatable bonds is 0. The van der Waals surface area contributed by atoms with E-state index < -0.39 is 0 Å². The van der Waals surface area contributed by atoms with Crippen LogP contribution in [-0.4, -0.2) is 11.8 Å². The van der Waals surface area contributed by atoms with Crippen molar-refractivity contribution >= 4 is 10.9 Å². The van der Waals surface area contributed by atoms with Gasteiger partial charge in [0.05, 0.1) is 5.52 Å². The summed E-state index contributed by atoms with van der Waals surface area (Å²) in [4.78, 5) is 4.28. The van der Waals surface area contributed by atoms with Crippen LogP contribution in [0.2, 0.25) is 0 Å². The van der Waals surface area contributed by atoms with Crippen LogP contribution in [0.4, 0.5) is 0 Å². The minimum absolute atomic E-state index is 0.310. The van der Waals surface area contributed by atoms with Crippen molar-refractivity contribution in [1.29, 1.82) is 0 Å². The van der Waals surface area contributed by atoms with E-state index in [1.807, 2.05) is 18.2 Å². The van der Waals surface area contributed by atoms with Crippen molar-refractivity contribution in [3.8, 4) is 11.5 Å². The van der Waals surface area contributed by atoms with Crippen molar-refractivity contribution in [2.24, 2.45) is 0 Å². The van der Waals surface area contributed by atoms with Crippen LogP contribution in [-0.2, 0) is 0 Å². The molecule has 3 rings (SSSR count). The molecule has 0 unspecified atom stereocenters. The van der Waals surface area contributed by atoms with Gasteiger partial charge in [0.1, 0.15) is 0 Å². The Labute approximate surface area is 81.3 Å². The molecule has 0 aliphatic carbocycles. The van der Waals surface area contributed by atoms with Crippen LogP contribution in [0.1, 0.15) is 5.56 Å². The lowest BCUT2D eigenvalue weighted by Gasteiger charge is -2.02. The van der Waals surface area contributed by atoms with Crippen LogP contribution in [0.25, 0.3) is 10.9 Å². The highest BCUT2D eigenvalue weighted by Gasteiger charge is 2.14. The van der Waals surface area contributed by atoms with Gasteiger partial charge in [-0.25, -0.2) is 0 Å². The van der Waals surface area contributed by atoms with Crippen LogP contribution in [0, 0.1) is 6.92 Å². The first-order valence-electron chi connectivity index (χ1n) is 4.49. The van der Waals surface area contributed by atoms with Gasteiger partial charge in [0.15, 0.2) is 11.5 Å². The molecule has 3 heteroatoms. The lowest BCUT2D eigenvalue weighted by molar-refractivity contribution is 0.174. The van der Waals surface area contributed by atoms with Crippen LogP contribution in [0.15, 0.2) is 24.4 Å². The summed E-state index contributed by atoms with van der Waals surface area (Å²) in [6.07, 6.45) is 1.81. The second-order valence-electron chi connectivity index (χ2n) is 3.35. The van der Waals surface area contributed by atoms with E-state index in [0.29, 0.717) is 6.79 Å². The maximum absolute atomic E-state index is 5.31. The third-order valence-corrected chi connectivity index (χ3v) is 2.45. The van der Waals surface area contributed by atoms with E-state index in [4.69, 9.17) is 9.47 Å². The molecule has 1 aliphatic rings. The van der Waals surface area contributed by atoms with E-state index in [1.165, 1.54) is 5.56 Å². The fourth-order valence-electron chi connectivity index (χ4n) is 1.67. The highest BCUT2D eigenvalue weighted by molar-refractivity contribution is 5.85. The van der Waals surface area contributed by atoms with Crippen molar-refractivity contribution in [2.75, 3.05) is 6.79 Å². The van der Waals surface area contributed by atoms with Crippen LogP contribution >= 0.6 is 0 Å². The minimum atomic E-state index is 0.310. The molecule has 0 spiro atoms. The summed E-state index contributed by atoms with van der Waals surface area (Å²) in [7, 11) is 0. The van der Waals surface area contributed by atoms with E-state index in [0.717, 1.165) is 22.4 Å². The zero-order valence-electron chi connectivity index (χ0n) is 7.78. The van der Waals surface area contributed by atoms with Gasteiger partial charge in [-0.05, 0) is 24.6 Å². The molecule has 0 saturated heterocycles. The Morgan fingerprint density at radius 3 is 2.86 bits per heavy atom. The lowest BCUT2D eigenvalue weighted by atomic mass is 10.1. The van der Waals surface area contributed by atoms with Crippen molar-refractivity contribution in [3.05, 3.63) is 30.0 Å². The number of aryl methyl sites for hydroxylation is 1. The molecular formula is C11H9NO2. The number of hydrogen-bond acceptors (Lipinski definition) is 3. The molecule has 70 valence electrons. The highest BCUT2D eigenvalue weighted by Crippen LogP contribution is 2.36. The smallest absolute Gasteiger partial charge is 0.231 e.